The van der Waals surface area contributed by atoms with Crippen molar-refractivity contribution in [3.8, 4) is 0 Å². The number of rotatable bonds is 8. The van der Waals surface area contributed by atoms with Crippen LogP contribution in [-0.2, 0) is 6.42 Å². The number of allylic oxidation sites excluding steroid dienone is 4. The predicted molar refractivity (Wildman–Crippen MR) is 145 cm³/mol. The first-order chi connectivity index (χ1) is 16.4. The minimum atomic E-state index is 0.125. The van der Waals surface area contributed by atoms with Crippen LogP contribution in [0.3, 0.4) is 0 Å². The highest BCUT2D eigenvalue weighted by Crippen LogP contribution is 2.29. The van der Waals surface area contributed by atoms with Crippen LogP contribution in [0.25, 0.3) is 5.57 Å². The number of hydrogen-bond donors (Lipinski definition) is 1. The Morgan fingerprint density at radius 1 is 1.03 bits per heavy atom. The Morgan fingerprint density at radius 2 is 1.65 bits per heavy atom. The maximum Gasteiger partial charge on any atom is 0.253 e. The van der Waals surface area contributed by atoms with E-state index in [1.54, 1.807) is 0 Å². The monoisotopic (exact) mass is 456 g/mol. The van der Waals surface area contributed by atoms with Gasteiger partial charge in [-0.2, -0.15) is 0 Å². The van der Waals surface area contributed by atoms with Crippen LogP contribution in [0.1, 0.15) is 80.9 Å². The number of nitrogens with one attached hydrogen (secondary N) is 1. The summed E-state index contributed by atoms with van der Waals surface area (Å²) in [6.45, 7) is 16.7. The topological polar surface area (TPSA) is 32.3 Å². The van der Waals surface area contributed by atoms with E-state index in [2.05, 4.69) is 76.9 Å². The van der Waals surface area contributed by atoms with Crippen molar-refractivity contribution >= 4 is 11.5 Å². The van der Waals surface area contributed by atoms with Crippen LogP contribution in [0.2, 0.25) is 0 Å². The number of piperidine rings is 1. The lowest BCUT2D eigenvalue weighted by atomic mass is 9.89. The van der Waals surface area contributed by atoms with E-state index in [0.717, 1.165) is 55.5 Å². The van der Waals surface area contributed by atoms with Crippen molar-refractivity contribution < 1.29 is 4.79 Å². The Kier molecular flexibility index (Phi) is 8.92. The van der Waals surface area contributed by atoms with E-state index < -0.39 is 0 Å². The molecule has 0 radical (unpaired) electrons. The van der Waals surface area contributed by atoms with Gasteiger partial charge in [0.2, 0.25) is 0 Å². The Morgan fingerprint density at radius 3 is 2.24 bits per heavy atom. The largest absolute Gasteiger partial charge is 0.363 e. The highest BCUT2D eigenvalue weighted by atomic mass is 16.2. The van der Waals surface area contributed by atoms with Gasteiger partial charge < -0.3 is 10.2 Å². The fourth-order valence-corrected chi connectivity index (χ4v) is 4.68. The van der Waals surface area contributed by atoms with Gasteiger partial charge in [-0.25, -0.2) is 0 Å². The molecule has 0 saturated carbocycles. The molecule has 0 aliphatic carbocycles. The third-order valence-electron chi connectivity index (χ3n) is 7.15. The van der Waals surface area contributed by atoms with E-state index in [1.165, 1.54) is 28.1 Å². The first kappa shape index (κ1) is 25.6. The molecule has 3 rings (SSSR count). The van der Waals surface area contributed by atoms with Gasteiger partial charge in [0.15, 0.2) is 0 Å². The van der Waals surface area contributed by atoms with Gasteiger partial charge in [-0.15, -0.1) is 0 Å². The molecule has 0 aromatic heterocycles. The van der Waals surface area contributed by atoms with Crippen molar-refractivity contribution in [3.63, 3.8) is 0 Å². The van der Waals surface area contributed by atoms with Crippen molar-refractivity contribution in [2.75, 3.05) is 13.1 Å². The lowest BCUT2D eigenvalue weighted by molar-refractivity contribution is 0.0700. The molecule has 0 bridgehead atoms. The summed E-state index contributed by atoms with van der Waals surface area (Å²) in [6.07, 6.45) is 6.11. The maximum atomic E-state index is 13.2. The van der Waals surface area contributed by atoms with Gasteiger partial charge in [0, 0.05) is 36.0 Å². The van der Waals surface area contributed by atoms with Crippen LogP contribution in [0, 0.1) is 5.92 Å². The SMILES string of the molecule is C=C(c1ccc(C(=O)N2CCC(/C(N/C(C)=C\C)=C(/C)CC)CC2)cc1)c1ccccc1CC. The van der Waals surface area contributed by atoms with E-state index in [9.17, 15) is 4.79 Å². The number of carbonyl (C=O) groups is 1. The molecule has 180 valence electrons. The summed E-state index contributed by atoms with van der Waals surface area (Å²) < 4.78 is 0. The second-order valence-corrected chi connectivity index (χ2v) is 9.28. The van der Waals surface area contributed by atoms with Gasteiger partial charge in [-0.3, -0.25) is 4.79 Å². The molecular formula is C31H40N2O. The highest BCUT2D eigenvalue weighted by Gasteiger charge is 2.26. The third kappa shape index (κ3) is 5.88. The molecule has 3 nitrogen and oxygen atoms in total. The molecule has 1 N–H and O–H groups in total. The molecule has 1 amide bonds. The first-order valence-electron chi connectivity index (χ1n) is 12.7. The van der Waals surface area contributed by atoms with Gasteiger partial charge >= 0.3 is 0 Å². The zero-order valence-corrected chi connectivity index (χ0v) is 21.6. The molecular weight excluding hydrogens is 416 g/mol. The summed E-state index contributed by atoms with van der Waals surface area (Å²) in [5.74, 6) is 0.600. The van der Waals surface area contributed by atoms with Gasteiger partial charge in [-0.1, -0.05) is 68.5 Å². The summed E-state index contributed by atoms with van der Waals surface area (Å²) in [5, 5.41) is 3.63. The van der Waals surface area contributed by atoms with Crippen LogP contribution >= 0.6 is 0 Å². The Balaban J connectivity index is 1.67. The van der Waals surface area contributed by atoms with E-state index in [-0.39, 0.29) is 5.91 Å². The summed E-state index contributed by atoms with van der Waals surface area (Å²) in [5.41, 5.74) is 9.23. The zero-order valence-electron chi connectivity index (χ0n) is 21.6. The normalized spacial score (nSPS) is 15.7. The molecule has 1 heterocycles. The van der Waals surface area contributed by atoms with Crippen molar-refractivity contribution in [1.82, 2.24) is 10.2 Å². The molecule has 0 atom stereocenters. The lowest BCUT2D eigenvalue weighted by Crippen LogP contribution is -2.40. The van der Waals surface area contributed by atoms with E-state index in [0.29, 0.717) is 5.92 Å². The molecule has 34 heavy (non-hydrogen) atoms. The maximum absolute atomic E-state index is 13.2. The Bertz CT molecular complexity index is 1070. The smallest absolute Gasteiger partial charge is 0.253 e. The minimum Gasteiger partial charge on any atom is -0.363 e. The number of hydrogen-bond acceptors (Lipinski definition) is 2. The highest BCUT2D eigenvalue weighted by molar-refractivity contribution is 5.95. The molecule has 0 spiro atoms. The number of aryl methyl sites for hydroxylation is 1. The zero-order chi connectivity index (χ0) is 24.7. The van der Waals surface area contributed by atoms with Crippen molar-refractivity contribution in [2.45, 2.75) is 60.3 Å². The molecule has 2 aromatic rings. The molecule has 3 heteroatoms. The molecule has 2 aromatic carbocycles. The van der Waals surface area contributed by atoms with Gasteiger partial charge in [-0.05, 0) is 80.9 Å². The fourth-order valence-electron chi connectivity index (χ4n) is 4.68. The standard InChI is InChI=1S/C31H40N2O/c1-7-22(4)30(32-23(5)8-2)27-18-20-33(21-19-27)31(34)28-16-14-26(15-17-28)24(6)29-13-11-10-12-25(29)9-3/h8,10-17,27,32H,6-7,9,18-21H2,1-5H3/b23-8-,30-22+. The second-order valence-electron chi connectivity index (χ2n) is 9.28. The van der Waals surface area contributed by atoms with Crippen LogP contribution in [-0.4, -0.2) is 23.9 Å². The predicted octanol–water partition coefficient (Wildman–Crippen LogP) is 7.36. The average Bonchev–Trinajstić information content (AvgIpc) is 2.90. The van der Waals surface area contributed by atoms with Gasteiger partial charge in [0.25, 0.3) is 5.91 Å². The van der Waals surface area contributed by atoms with Crippen molar-refractivity contribution in [1.29, 1.82) is 0 Å². The van der Waals surface area contributed by atoms with Crippen LogP contribution in [0.15, 0.2) is 78.2 Å². The van der Waals surface area contributed by atoms with Crippen LogP contribution in [0.5, 0.6) is 0 Å². The van der Waals surface area contributed by atoms with Gasteiger partial charge in [0.1, 0.15) is 0 Å². The first-order valence-corrected chi connectivity index (χ1v) is 12.7. The molecule has 1 fully saturated rings. The van der Waals surface area contributed by atoms with Crippen LogP contribution < -0.4 is 5.32 Å². The summed E-state index contributed by atoms with van der Waals surface area (Å²) in [6, 6.07) is 16.4. The molecule has 1 saturated heterocycles. The molecule has 1 aliphatic rings. The van der Waals surface area contributed by atoms with Gasteiger partial charge in [0.05, 0.1) is 0 Å². The second kappa shape index (κ2) is 11.9. The number of nitrogens with zero attached hydrogens (tertiary/aromatic N) is 1. The quantitative estimate of drug-likeness (QED) is 0.450. The Hall–Kier alpha value is -3.07. The van der Waals surface area contributed by atoms with Crippen molar-refractivity contribution in [2.24, 2.45) is 5.92 Å². The number of amides is 1. The van der Waals surface area contributed by atoms with E-state index >= 15 is 0 Å². The lowest BCUT2D eigenvalue weighted by Gasteiger charge is -2.34. The average molecular weight is 457 g/mol. The van der Waals surface area contributed by atoms with Crippen LogP contribution in [0.4, 0.5) is 0 Å². The third-order valence-corrected chi connectivity index (χ3v) is 7.15. The molecule has 1 aliphatic heterocycles. The van der Waals surface area contributed by atoms with E-state index in [4.69, 9.17) is 0 Å². The van der Waals surface area contributed by atoms with Crippen molar-refractivity contribution in [3.05, 3.63) is 100 Å². The summed E-state index contributed by atoms with van der Waals surface area (Å²) in [4.78, 5) is 15.2. The number of carbonyl (C=O) groups excluding carboxylic acids is 1. The minimum absolute atomic E-state index is 0.125. The fraction of sp³-hybridized carbons (Fsp3) is 0.387. The Labute approximate surface area is 206 Å². The number of benzene rings is 2. The summed E-state index contributed by atoms with van der Waals surface area (Å²) >= 11 is 0. The van der Waals surface area contributed by atoms with E-state index in [1.807, 2.05) is 29.2 Å². The number of likely N-dealkylation sites (tertiary alicyclic amines) is 1. The summed E-state index contributed by atoms with van der Waals surface area (Å²) in [7, 11) is 0. The molecule has 0 unspecified atom stereocenters.